The highest BCUT2D eigenvalue weighted by Crippen LogP contribution is 2.33. The fourth-order valence-corrected chi connectivity index (χ4v) is 2.25. The van der Waals surface area contributed by atoms with Crippen LogP contribution in [0.1, 0.15) is 34.6 Å². The molecule has 1 rings (SSSR count). The number of aliphatic hydroxyl groups is 1. The molecule has 6 heteroatoms. The SMILES string of the molecule is COCC1OC(C)(C)N(C(=O)OC(C)(C)C)C1CO. The van der Waals surface area contributed by atoms with Crippen molar-refractivity contribution < 1.29 is 24.1 Å². The zero-order valence-electron chi connectivity index (χ0n) is 12.6. The number of methoxy groups -OCH3 is 1. The van der Waals surface area contributed by atoms with Crippen molar-refractivity contribution in [1.29, 1.82) is 0 Å². The van der Waals surface area contributed by atoms with Crippen LogP contribution in [-0.4, -0.2) is 59.9 Å². The summed E-state index contributed by atoms with van der Waals surface area (Å²) in [5.74, 6) is 0. The van der Waals surface area contributed by atoms with Crippen molar-refractivity contribution in [3.8, 4) is 0 Å². The lowest BCUT2D eigenvalue weighted by Crippen LogP contribution is -2.51. The minimum atomic E-state index is -0.834. The zero-order valence-corrected chi connectivity index (χ0v) is 12.6. The van der Waals surface area contributed by atoms with E-state index in [-0.39, 0.29) is 12.7 Å². The van der Waals surface area contributed by atoms with Crippen molar-refractivity contribution in [2.45, 2.75) is 58.1 Å². The van der Waals surface area contributed by atoms with Crippen molar-refractivity contribution in [2.75, 3.05) is 20.3 Å². The first kappa shape index (κ1) is 16.2. The normalized spacial score (nSPS) is 26.6. The molecular formula is C13H25NO5. The van der Waals surface area contributed by atoms with E-state index in [9.17, 15) is 9.90 Å². The third kappa shape index (κ3) is 3.81. The standard InChI is InChI=1S/C13H25NO5/c1-12(2,3)19-11(16)14-9(7-15)10(8-17-6)18-13(14,4)5/h9-10,15H,7-8H2,1-6H3. The van der Waals surface area contributed by atoms with Crippen molar-refractivity contribution >= 4 is 6.09 Å². The summed E-state index contributed by atoms with van der Waals surface area (Å²) < 4.78 is 16.2. The summed E-state index contributed by atoms with van der Waals surface area (Å²) in [5.41, 5.74) is -1.43. The Bertz CT molecular complexity index is 323. The maximum absolute atomic E-state index is 12.3. The molecule has 1 saturated heterocycles. The molecule has 0 aromatic heterocycles. The summed E-state index contributed by atoms with van der Waals surface area (Å²) in [6, 6.07) is -0.468. The second kappa shape index (κ2) is 5.64. The molecule has 0 aromatic rings. The lowest BCUT2D eigenvalue weighted by atomic mass is 10.1. The van der Waals surface area contributed by atoms with E-state index in [0.29, 0.717) is 6.61 Å². The predicted octanol–water partition coefficient (Wildman–Crippen LogP) is 1.37. The third-order valence-electron chi connectivity index (χ3n) is 2.89. The van der Waals surface area contributed by atoms with Gasteiger partial charge in [0.1, 0.15) is 17.4 Å². The molecule has 1 fully saturated rings. The molecule has 0 saturated carbocycles. The molecule has 1 aliphatic rings. The molecule has 1 aliphatic heterocycles. The van der Waals surface area contributed by atoms with E-state index in [1.165, 1.54) is 4.90 Å². The van der Waals surface area contributed by atoms with Crippen molar-refractivity contribution in [1.82, 2.24) is 4.90 Å². The van der Waals surface area contributed by atoms with Crippen LogP contribution in [0.15, 0.2) is 0 Å². The van der Waals surface area contributed by atoms with Crippen molar-refractivity contribution in [3.05, 3.63) is 0 Å². The zero-order chi connectivity index (χ0) is 14.8. The van der Waals surface area contributed by atoms with E-state index in [0.717, 1.165) is 0 Å². The maximum Gasteiger partial charge on any atom is 0.412 e. The Balaban J connectivity index is 2.92. The van der Waals surface area contributed by atoms with Gasteiger partial charge in [-0.05, 0) is 34.6 Å². The largest absolute Gasteiger partial charge is 0.444 e. The van der Waals surface area contributed by atoms with E-state index in [2.05, 4.69) is 0 Å². The topological polar surface area (TPSA) is 68.2 Å². The summed E-state index contributed by atoms with van der Waals surface area (Å²) in [5, 5.41) is 9.53. The molecule has 112 valence electrons. The molecule has 0 bridgehead atoms. The number of hydrogen-bond acceptors (Lipinski definition) is 5. The summed E-state index contributed by atoms with van der Waals surface area (Å²) in [6.45, 7) is 9.06. The second-order valence-corrected chi connectivity index (χ2v) is 6.16. The number of amides is 1. The average molecular weight is 275 g/mol. The Morgan fingerprint density at radius 2 is 2.00 bits per heavy atom. The maximum atomic E-state index is 12.3. The number of rotatable bonds is 3. The van der Waals surface area contributed by atoms with Crippen LogP contribution in [0.4, 0.5) is 4.79 Å². The molecule has 6 nitrogen and oxygen atoms in total. The van der Waals surface area contributed by atoms with Gasteiger partial charge in [-0.3, -0.25) is 4.90 Å². The number of carbonyl (C=O) groups is 1. The first-order chi connectivity index (χ1) is 8.62. The van der Waals surface area contributed by atoms with Crippen molar-refractivity contribution in [3.63, 3.8) is 0 Å². The van der Waals surface area contributed by atoms with E-state index in [1.54, 1.807) is 41.7 Å². The first-order valence-electron chi connectivity index (χ1n) is 6.42. The molecule has 0 aliphatic carbocycles. The van der Waals surface area contributed by atoms with Crippen LogP contribution in [0.3, 0.4) is 0 Å². The van der Waals surface area contributed by atoms with Gasteiger partial charge in [-0.2, -0.15) is 0 Å². The van der Waals surface area contributed by atoms with Gasteiger partial charge >= 0.3 is 6.09 Å². The average Bonchev–Trinajstić information content (AvgIpc) is 2.46. The molecule has 1 heterocycles. The predicted molar refractivity (Wildman–Crippen MR) is 69.8 cm³/mol. The molecule has 2 unspecified atom stereocenters. The van der Waals surface area contributed by atoms with Gasteiger partial charge in [-0.15, -0.1) is 0 Å². The molecule has 0 radical (unpaired) electrons. The summed E-state index contributed by atoms with van der Waals surface area (Å²) in [6.07, 6.45) is -0.854. The van der Waals surface area contributed by atoms with E-state index < -0.39 is 23.5 Å². The number of ether oxygens (including phenoxy) is 3. The Morgan fingerprint density at radius 3 is 2.42 bits per heavy atom. The van der Waals surface area contributed by atoms with E-state index in [1.807, 2.05) is 0 Å². The number of hydrogen-bond donors (Lipinski definition) is 1. The second-order valence-electron chi connectivity index (χ2n) is 6.16. The fraction of sp³-hybridized carbons (Fsp3) is 0.923. The summed E-state index contributed by atoms with van der Waals surface area (Å²) in [7, 11) is 1.56. The van der Waals surface area contributed by atoms with Gasteiger partial charge in [0.15, 0.2) is 0 Å². The Kier molecular flexibility index (Phi) is 4.81. The van der Waals surface area contributed by atoms with Crippen LogP contribution in [0.5, 0.6) is 0 Å². The molecule has 1 amide bonds. The van der Waals surface area contributed by atoms with Crippen LogP contribution in [0.25, 0.3) is 0 Å². The lowest BCUT2D eigenvalue weighted by Gasteiger charge is -2.34. The number of aliphatic hydroxyl groups excluding tert-OH is 1. The third-order valence-corrected chi connectivity index (χ3v) is 2.89. The minimum Gasteiger partial charge on any atom is -0.444 e. The minimum absolute atomic E-state index is 0.198. The van der Waals surface area contributed by atoms with E-state index >= 15 is 0 Å². The Hall–Kier alpha value is -0.850. The van der Waals surface area contributed by atoms with Gasteiger partial charge in [0.25, 0.3) is 0 Å². The van der Waals surface area contributed by atoms with Crippen molar-refractivity contribution in [2.24, 2.45) is 0 Å². The quantitative estimate of drug-likeness (QED) is 0.842. The molecular weight excluding hydrogens is 250 g/mol. The number of nitrogens with zero attached hydrogens (tertiary/aromatic N) is 1. The molecule has 0 aromatic carbocycles. The Labute approximate surface area is 114 Å². The van der Waals surface area contributed by atoms with Crippen LogP contribution >= 0.6 is 0 Å². The molecule has 0 spiro atoms. The van der Waals surface area contributed by atoms with Gasteiger partial charge < -0.3 is 19.3 Å². The first-order valence-corrected chi connectivity index (χ1v) is 6.42. The highest BCUT2D eigenvalue weighted by Gasteiger charge is 2.50. The van der Waals surface area contributed by atoms with E-state index in [4.69, 9.17) is 14.2 Å². The highest BCUT2D eigenvalue weighted by molar-refractivity contribution is 5.70. The lowest BCUT2D eigenvalue weighted by molar-refractivity contribution is -0.0895. The smallest absolute Gasteiger partial charge is 0.412 e. The van der Waals surface area contributed by atoms with Gasteiger partial charge in [-0.25, -0.2) is 4.79 Å². The van der Waals surface area contributed by atoms with Gasteiger partial charge in [-0.1, -0.05) is 0 Å². The molecule has 2 atom stereocenters. The van der Waals surface area contributed by atoms with Crippen LogP contribution in [-0.2, 0) is 14.2 Å². The summed E-state index contributed by atoms with van der Waals surface area (Å²) in [4.78, 5) is 13.7. The van der Waals surface area contributed by atoms with Gasteiger partial charge in [0, 0.05) is 7.11 Å². The van der Waals surface area contributed by atoms with Crippen LogP contribution < -0.4 is 0 Å². The fourth-order valence-electron chi connectivity index (χ4n) is 2.25. The highest BCUT2D eigenvalue weighted by atomic mass is 16.6. The molecule has 19 heavy (non-hydrogen) atoms. The monoisotopic (exact) mass is 275 g/mol. The van der Waals surface area contributed by atoms with Gasteiger partial charge in [0.2, 0.25) is 0 Å². The molecule has 1 N–H and O–H groups in total. The van der Waals surface area contributed by atoms with Gasteiger partial charge in [0.05, 0.1) is 19.3 Å². The number of carbonyl (C=O) groups excluding carboxylic acids is 1. The van der Waals surface area contributed by atoms with Crippen LogP contribution in [0.2, 0.25) is 0 Å². The summed E-state index contributed by atoms with van der Waals surface area (Å²) >= 11 is 0. The Morgan fingerprint density at radius 1 is 1.42 bits per heavy atom. The van der Waals surface area contributed by atoms with Crippen LogP contribution in [0, 0.1) is 0 Å².